The van der Waals surface area contributed by atoms with Gasteiger partial charge in [0.25, 0.3) is 0 Å². The van der Waals surface area contributed by atoms with Crippen LogP contribution in [0.3, 0.4) is 0 Å². The average molecular weight is 333 g/mol. The Bertz CT molecular complexity index is 558. The van der Waals surface area contributed by atoms with Gasteiger partial charge in [0.15, 0.2) is 0 Å². The zero-order valence-corrected chi connectivity index (χ0v) is 15.0. The van der Waals surface area contributed by atoms with Crippen LogP contribution in [0.15, 0.2) is 42.5 Å². The van der Waals surface area contributed by atoms with Gasteiger partial charge in [-0.25, -0.2) is 9.59 Å². The fourth-order valence-corrected chi connectivity index (χ4v) is 1.86. The predicted octanol–water partition coefficient (Wildman–Crippen LogP) is 3.84. The molecule has 1 amide bonds. The van der Waals surface area contributed by atoms with Gasteiger partial charge in [0, 0.05) is 6.08 Å². The fourth-order valence-electron chi connectivity index (χ4n) is 1.86. The van der Waals surface area contributed by atoms with E-state index in [9.17, 15) is 9.59 Å². The molecule has 0 fully saturated rings. The molecule has 1 N–H and O–H groups in total. The number of hydrogen-bond acceptors (Lipinski definition) is 4. The van der Waals surface area contributed by atoms with E-state index in [2.05, 4.69) is 5.32 Å². The van der Waals surface area contributed by atoms with Crippen LogP contribution < -0.4 is 5.32 Å². The molecule has 0 radical (unpaired) electrons. The summed E-state index contributed by atoms with van der Waals surface area (Å²) in [5, 5.41) is 2.75. The summed E-state index contributed by atoms with van der Waals surface area (Å²) in [5.74, 6) is -0.333. The first-order valence-corrected chi connectivity index (χ1v) is 8.06. The van der Waals surface area contributed by atoms with E-state index in [1.165, 1.54) is 6.08 Å². The van der Waals surface area contributed by atoms with Crippen molar-refractivity contribution in [2.45, 2.75) is 52.9 Å². The van der Waals surface area contributed by atoms with E-state index in [0.717, 1.165) is 5.56 Å². The molecule has 1 aromatic carbocycles. The normalized spacial score (nSPS) is 12.9. The summed E-state index contributed by atoms with van der Waals surface area (Å²) in [6.45, 7) is 9.50. The third kappa shape index (κ3) is 8.36. The number of amides is 1. The molecule has 0 unspecified atom stereocenters. The van der Waals surface area contributed by atoms with Crippen LogP contribution >= 0.6 is 0 Å². The van der Waals surface area contributed by atoms with Crippen LogP contribution in [0.4, 0.5) is 4.79 Å². The lowest BCUT2D eigenvalue weighted by atomic mass is 10.0. The van der Waals surface area contributed by atoms with Gasteiger partial charge < -0.3 is 14.8 Å². The van der Waals surface area contributed by atoms with Crippen molar-refractivity contribution in [2.24, 2.45) is 5.92 Å². The molecule has 0 heterocycles. The van der Waals surface area contributed by atoms with E-state index in [1.54, 1.807) is 26.8 Å². The van der Waals surface area contributed by atoms with Gasteiger partial charge >= 0.3 is 12.1 Å². The van der Waals surface area contributed by atoms with Gasteiger partial charge in [-0.05, 0) is 32.3 Å². The molecule has 5 nitrogen and oxygen atoms in total. The third-order valence-corrected chi connectivity index (χ3v) is 3.06. The second-order valence-corrected chi connectivity index (χ2v) is 6.87. The van der Waals surface area contributed by atoms with E-state index >= 15 is 0 Å². The highest BCUT2D eigenvalue weighted by Gasteiger charge is 2.17. The first kappa shape index (κ1) is 19.7. The van der Waals surface area contributed by atoms with Crippen molar-refractivity contribution in [3.05, 3.63) is 48.0 Å². The minimum atomic E-state index is -0.545. The lowest BCUT2D eigenvalue weighted by molar-refractivity contribution is -0.148. The molecule has 1 aromatic rings. The van der Waals surface area contributed by atoms with E-state index in [4.69, 9.17) is 9.47 Å². The maximum absolute atomic E-state index is 11.9. The maximum atomic E-state index is 11.9. The van der Waals surface area contributed by atoms with Crippen molar-refractivity contribution in [1.82, 2.24) is 5.32 Å². The number of nitrogens with one attached hydrogen (secondary N) is 1. The quantitative estimate of drug-likeness (QED) is 0.634. The highest BCUT2D eigenvalue weighted by molar-refractivity contribution is 5.82. The SMILES string of the molecule is CC(C)[C@H](/C=C/C(=O)OC(C)(C)C)NC(=O)OCc1ccccc1. The molecule has 0 aromatic heterocycles. The Morgan fingerprint density at radius 1 is 1.17 bits per heavy atom. The fraction of sp³-hybridized carbons (Fsp3) is 0.474. The Morgan fingerprint density at radius 2 is 1.79 bits per heavy atom. The Labute approximate surface area is 144 Å². The van der Waals surface area contributed by atoms with Gasteiger partial charge in [0.1, 0.15) is 12.2 Å². The number of benzene rings is 1. The second-order valence-electron chi connectivity index (χ2n) is 6.87. The van der Waals surface area contributed by atoms with Crippen LogP contribution in [0.1, 0.15) is 40.2 Å². The molecule has 0 aliphatic carbocycles. The van der Waals surface area contributed by atoms with Gasteiger partial charge in [-0.1, -0.05) is 50.3 Å². The smallest absolute Gasteiger partial charge is 0.407 e. The van der Waals surface area contributed by atoms with Crippen LogP contribution in [-0.4, -0.2) is 23.7 Å². The summed E-state index contributed by atoms with van der Waals surface area (Å²) in [4.78, 5) is 23.7. The van der Waals surface area contributed by atoms with Crippen LogP contribution in [0.5, 0.6) is 0 Å². The Kier molecular flexibility index (Phi) is 7.49. The summed E-state index contributed by atoms with van der Waals surface area (Å²) < 4.78 is 10.4. The number of carbonyl (C=O) groups is 2. The van der Waals surface area contributed by atoms with Crippen LogP contribution in [0, 0.1) is 5.92 Å². The summed E-state index contributed by atoms with van der Waals surface area (Å²) in [6.07, 6.45) is 2.45. The van der Waals surface area contributed by atoms with Crippen LogP contribution in [0.25, 0.3) is 0 Å². The van der Waals surface area contributed by atoms with Crippen molar-refractivity contribution < 1.29 is 19.1 Å². The number of alkyl carbamates (subject to hydrolysis) is 1. The molecule has 132 valence electrons. The maximum Gasteiger partial charge on any atom is 0.407 e. The Hall–Kier alpha value is -2.30. The molecular formula is C19H27NO4. The van der Waals surface area contributed by atoms with Crippen LogP contribution in [-0.2, 0) is 20.9 Å². The zero-order valence-electron chi connectivity index (χ0n) is 15.0. The highest BCUT2D eigenvalue weighted by Crippen LogP contribution is 2.09. The summed E-state index contributed by atoms with van der Waals surface area (Å²) in [5.41, 5.74) is 0.370. The molecule has 5 heteroatoms. The predicted molar refractivity (Wildman–Crippen MR) is 93.4 cm³/mol. The van der Waals surface area contributed by atoms with E-state index in [1.807, 2.05) is 44.2 Å². The van der Waals surface area contributed by atoms with Gasteiger partial charge in [0.05, 0.1) is 6.04 Å². The second kappa shape index (κ2) is 9.11. The molecule has 1 rings (SSSR count). The van der Waals surface area contributed by atoms with Crippen LogP contribution in [0.2, 0.25) is 0 Å². The lowest BCUT2D eigenvalue weighted by Gasteiger charge is -2.20. The van der Waals surface area contributed by atoms with Gasteiger partial charge in [0.2, 0.25) is 0 Å². The molecule has 24 heavy (non-hydrogen) atoms. The molecule has 0 aliphatic heterocycles. The minimum Gasteiger partial charge on any atom is -0.457 e. The molecule has 0 bridgehead atoms. The Morgan fingerprint density at radius 3 is 2.33 bits per heavy atom. The van der Waals surface area contributed by atoms with Gasteiger partial charge in [-0.15, -0.1) is 0 Å². The number of rotatable bonds is 6. The van der Waals surface area contributed by atoms with Crippen molar-refractivity contribution >= 4 is 12.1 Å². The summed E-state index contributed by atoms with van der Waals surface area (Å²) in [7, 11) is 0. The van der Waals surface area contributed by atoms with Crippen molar-refractivity contribution in [3.63, 3.8) is 0 Å². The van der Waals surface area contributed by atoms with Crippen molar-refractivity contribution in [1.29, 1.82) is 0 Å². The molecule has 1 atom stereocenters. The zero-order chi connectivity index (χ0) is 18.2. The van der Waals surface area contributed by atoms with Gasteiger partial charge in [-0.3, -0.25) is 0 Å². The highest BCUT2D eigenvalue weighted by atomic mass is 16.6. The first-order chi connectivity index (χ1) is 11.2. The first-order valence-electron chi connectivity index (χ1n) is 8.06. The number of esters is 1. The average Bonchev–Trinajstić information content (AvgIpc) is 2.48. The molecule has 0 saturated heterocycles. The number of carbonyl (C=O) groups excluding carboxylic acids is 2. The summed E-state index contributed by atoms with van der Waals surface area (Å²) >= 11 is 0. The molecule has 0 saturated carbocycles. The monoisotopic (exact) mass is 333 g/mol. The number of ether oxygens (including phenoxy) is 2. The topological polar surface area (TPSA) is 64.6 Å². The minimum absolute atomic E-state index is 0.105. The molecule has 0 spiro atoms. The van der Waals surface area contributed by atoms with Crippen molar-refractivity contribution in [3.8, 4) is 0 Å². The third-order valence-electron chi connectivity index (χ3n) is 3.06. The van der Waals surface area contributed by atoms with E-state index in [0.29, 0.717) is 0 Å². The van der Waals surface area contributed by atoms with E-state index < -0.39 is 17.7 Å². The number of hydrogen-bond donors (Lipinski definition) is 1. The van der Waals surface area contributed by atoms with Crippen molar-refractivity contribution in [2.75, 3.05) is 0 Å². The molecular weight excluding hydrogens is 306 g/mol. The van der Waals surface area contributed by atoms with Gasteiger partial charge in [-0.2, -0.15) is 0 Å². The standard InChI is InChI=1S/C19H27NO4/c1-14(2)16(11-12-17(21)24-19(3,4)5)20-18(22)23-13-15-9-7-6-8-10-15/h6-12,14,16H,13H2,1-5H3,(H,20,22)/b12-11+/t16-/m0/s1. The summed E-state index contributed by atoms with van der Waals surface area (Å²) in [6, 6.07) is 9.12. The largest absolute Gasteiger partial charge is 0.457 e. The lowest BCUT2D eigenvalue weighted by Crippen LogP contribution is -2.37. The molecule has 0 aliphatic rings. The Balaban J connectivity index is 2.53. The van der Waals surface area contributed by atoms with E-state index in [-0.39, 0.29) is 18.6 Å².